The van der Waals surface area contributed by atoms with Crippen molar-refractivity contribution in [3.8, 4) is 0 Å². The molecule has 1 aliphatic rings. The molecular weight excluding hydrogens is 182 g/mol. The van der Waals surface area contributed by atoms with Gasteiger partial charge in [-0.3, -0.25) is 4.99 Å². The standard InChI is InChI=1S/C14H19N/c1-13(2,3)11-8-6-10(7-9-11)12-14(4,5)15-12/h6-9H,1-5H3. The van der Waals surface area contributed by atoms with Gasteiger partial charge in [-0.05, 0) is 30.4 Å². The quantitative estimate of drug-likeness (QED) is 0.658. The number of aliphatic imine (C=N–C) groups is 1. The van der Waals surface area contributed by atoms with E-state index in [1.807, 2.05) is 0 Å². The molecule has 0 spiro atoms. The first-order valence-electron chi connectivity index (χ1n) is 5.52. The summed E-state index contributed by atoms with van der Waals surface area (Å²) in [5, 5.41) is 0. The van der Waals surface area contributed by atoms with Gasteiger partial charge in [-0.2, -0.15) is 0 Å². The van der Waals surface area contributed by atoms with Crippen LogP contribution in [0.15, 0.2) is 29.3 Å². The van der Waals surface area contributed by atoms with Gasteiger partial charge < -0.3 is 0 Å². The van der Waals surface area contributed by atoms with Crippen LogP contribution in [0.1, 0.15) is 45.7 Å². The molecule has 1 aromatic rings. The van der Waals surface area contributed by atoms with Crippen molar-refractivity contribution in [2.45, 2.75) is 45.6 Å². The van der Waals surface area contributed by atoms with E-state index in [9.17, 15) is 0 Å². The second kappa shape index (κ2) is 2.94. The Morgan fingerprint density at radius 3 is 1.80 bits per heavy atom. The second-order valence-corrected chi connectivity index (χ2v) is 5.85. The Balaban J connectivity index is 2.23. The van der Waals surface area contributed by atoms with Crippen molar-refractivity contribution in [1.82, 2.24) is 0 Å². The topological polar surface area (TPSA) is 12.4 Å². The molecule has 15 heavy (non-hydrogen) atoms. The van der Waals surface area contributed by atoms with Crippen LogP contribution in [0.2, 0.25) is 0 Å². The Labute approximate surface area is 92.2 Å². The van der Waals surface area contributed by atoms with Crippen molar-refractivity contribution in [1.29, 1.82) is 0 Å². The third-order valence-corrected chi connectivity index (χ3v) is 2.95. The van der Waals surface area contributed by atoms with Crippen molar-refractivity contribution in [2.24, 2.45) is 4.99 Å². The van der Waals surface area contributed by atoms with Crippen molar-refractivity contribution < 1.29 is 0 Å². The van der Waals surface area contributed by atoms with E-state index in [0.717, 1.165) is 0 Å². The van der Waals surface area contributed by atoms with Crippen molar-refractivity contribution in [3.63, 3.8) is 0 Å². The SMILES string of the molecule is CC1(C)N=C1c1ccc(C(C)(C)C)cc1. The molecule has 0 saturated heterocycles. The van der Waals surface area contributed by atoms with Crippen LogP contribution in [-0.2, 0) is 5.41 Å². The van der Waals surface area contributed by atoms with Crippen molar-refractivity contribution in [3.05, 3.63) is 35.4 Å². The summed E-state index contributed by atoms with van der Waals surface area (Å²) in [6.45, 7) is 11.0. The highest BCUT2D eigenvalue weighted by atomic mass is 15.0. The fourth-order valence-electron chi connectivity index (χ4n) is 1.80. The van der Waals surface area contributed by atoms with E-state index in [1.54, 1.807) is 0 Å². The summed E-state index contributed by atoms with van der Waals surface area (Å²) >= 11 is 0. The van der Waals surface area contributed by atoms with Gasteiger partial charge in [0, 0.05) is 0 Å². The van der Waals surface area contributed by atoms with Gasteiger partial charge in [-0.25, -0.2) is 0 Å². The fraction of sp³-hybridized carbons (Fsp3) is 0.500. The Hall–Kier alpha value is -1.11. The molecule has 0 unspecified atom stereocenters. The van der Waals surface area contributed by atoms with Gasteiger partial charge in [-0.1, -0.05) is 45.0 Å². The predicted molar refractivity (Wildman–Crippen MR) is 65.8 cm³/mol. The molecule has 0 aromatic heterocycles. The van der Waals surface area contributed by atoms with E-state index in [4.69, 9.17) is 0 Å². The maximum Gasteiger partial charge on any atom is 0.0976 e. The smallest absolute Gasteiger partial charge is 0.0976 e. The zero-order chi connectivity index (χ0) is 11.3. The first-order valence-corrected chi connectivity index (χ1v) is 5.52. The summed E-state index contributed by atoms with van der Waals surface area (Å²) in [5.74, 6) is 0. The van der Waals surface area contributed by atoms with Crippen LogP contribution >= 0.6 is 0 Å². The zero-order valence-corrected chi connectivity index (χ0v) is 10.3. The number of nitrogens with zero attached hydrogens (tertiary/aromatic N) is 1. The molecule has 1 aromatic carbocycles. The minimum atomic E-state index is 0.0866. The maximum atomic E-state index is 4.47. The number of hydrogen-bond donors (Lipinski definition) is 0. The third kappa shape index (κ3) is 1.97. The minimum Gasteiger partial charge on any atom is -0.274 e. The Bertz CT molecular complexity index is 402. The lowest BCUT2D eigenvalue weighted by Gasteiger charge is -2.18. The first kappa shape index (κ1) is 10.4. The van der Waals surface area contributed by atoms with Gasteiger partial charge in [0.1, 0.15) is 0 Å². The molecule has 80 valence electrons. The summed E-state index contributed by atoms with van der Waals surface area (Å²) in [4.78, 5) is 4.47. The first-order chi connectivity index (χ1) is 6.81. The van der Waals surface area contributed by atoms with Gasteiger partial charge >= 0.3 is 0 Å². The average Bonchev–Trinajstić information content (AvgIpc) is 2.74. The maximum absolute atomic E-state index is 4.47. The van der Waals surface area contributed by atoms with Gasteiger partial charge in [-0.15, -0.1) is 0 Å². The van der Waals surface area contributed by atoms with Gasteiger partial charge in [0.25, 0.3) is 0 Å². The summed E-state index contributed by atoms with van der Waals surface area (Å²) in [5.41, 5.74) is 4.21. The summed E-state index contributed by atoms with van der Waals surface area (Å²) < 4.78 is 0. The highest BCUT2D eigenvalue weighted by Crippen LogP contribution is 2.32. The molecule has 0 aliphatic carbocycles. The molecule has 0 saturated carbocycles. The lowest BCUT2D eigenvalue weighted by atomic mass is 9.86. The Kier molecular flexibility index (Phi) is 2.04. The highest BCUT2D eigenvalue weighted by molar-refractivity contribution is 6.16. The van der Waals surface area contributed by atoms with E-state index in [1.165, 1.54) is 16.8 Å². The van der Waals surface area contributed by atoms with Crippen molar-refractivity contribution >= 4 is 5.71 Å². The molecule has 1 heterocycles. The molecule has 0 bridgehead atoms. The zero-order valence-electron chi connectivity index (χ0n) is 10.3. The molecular formula is C14H19N. The van der Waals surface area contributed by atoms with Crippen LogP contribution in [0.4, 0.5) is 0 Å². The van der Waals surface area contributed by atoms with Crippen LogP contribution in [0.25, 0.3) is 0 Å². The molecule has 0 radical (unpaired) electrons. The summed E-state index contributed by atoms with van der Waals surface area (Å²) in [7, 11) is 0. The van der Waals surface area contributed by atoms with E-state index in [2.05, 4.69) is 63.9 Å². The Morgan fingerprint density at radius 1 is 1.00 bits per heavy atom. The Morgan fingerprint density at radius 2 is 1.47 bits per heavy atom. The summed E-state index contributed by atoms with van der Waals surface area (Å²) in [6.07, 6.45) is 0. The van der Waals surface area contributed by atoms with Crippen molar-refractivity contribution in [2.75, 3.05) is 0 Å². The molecule has 1 aliphatic heterocycles. The molecule has 0 fully saturated rings. The highest BCUT2D eigenvalue weighted by Gasteiger charge is 2.37. The van der Waals surface area contributed by atoms with Crippen LogP contribution in [0.5, 0.6) is 0 Å². The van der Waals surface area contributed by atoms with Gasteiger partial charge in [0.2, 0.25) is 0 Å². The average molecular weight is 201 g/mol. The number of rotatable bonds is 1. The van der Waals surface area contributed by atoms with E-state index in [0.29, 0.717) is 0 Å². The molecule has 1 heteroatoms. The molecule has 0 amide bonds. The minimum absolute atomic E-state index is 0.0866. The predicted octanol–water partition coefficient (Wildman–Crippen LogP) is 3.57. The van der Waals surface area contributed by atoms with Crippen LogP contribution in [0, 0.1) is 0 Å². The molecule has 1 nitrogen and oxygen atoms in total. The van der Waals surface area contributed by atoms with Crippen LogP contribution in [-0.4, -0.2) is 11.3 Å². The van der Waals surface area contributed by atoms with Gasteiger partial charge in [0.15, 0.2) is 0 Å². The molecule has 0 N–H and O–H groups in total. The fourth-order valence-corrected chi connectivity index (χ4v) is 1.80. The monoisotopic (exact) mass is 201 g/mol. The molecule has 0 atom stereocenters. The van der Waals surface area contributed by atoms with E-state index >= 15 is 0 Å². The molecule has 2 rings (SSSR count). The second-order valence-electron chi connectivity index (χ2n) is 5.85. The normalized spacial score (nSPS) is 18.6. The largest absolute Gasteiger partial charge is 0.274 e. The third-order valence-electron chi connectivity index (χ3n) is 2.95. The lowest BCUT2D eigenvalue weighted by Crippen LogP contribution is -2.12. The van der Waals surface area contributed by atoms with E-state index < -0.39 is 0 Å². The number of benzene rings is 1. The van der Waals surface area contributed by atoms with E-state index in [-0.39, 0.29) is 11.0 Å². The summed E-state index contributed by atoms with van der Waals surface area (Å²) in [6, 6.07) is 8.81. The lowest BCUT2D eigenvalue weighted by molar-refractivity contribution is 0.590. The number of hydrogen-bond acceptors (Lipinski definition) is 1. The van der Waals surface area contributed by atoms with Crippen LogP contribution in [0.3, 0.4) is 0 Å². The van der Waals surface area contributed by atoms with Crippen LogP contribution < -0.4 is 0 Å². The van der Waals surface area contributed by atoms with Gasteiger partial charge in [0.05, 0.1) is 11.3 Å².